The monoisotopic (exact) mass is 578 g/mol. The Hall–Kier alpha value is -3.11. The van der Waals surface area contributed by atoms with Crippen molar-refractivity contribution in [3.05, 3.63) is 82.6 Å². The fraction of sp³-hybridized carbons (Fsp3) is 0.414. The van der Waals surface area contributed by atoms with Crippen molar-refractivity contribution in [2.45, 2.75) is 76.9 Å². The first-order chi connectivity index (χ1) is 17.7. The molecule has 0 bridgehead atoms. The molecule has 0 unspecified atom stereocenters. The Labute approximate surface area is 232 Å². The van der Waals surface area contributed by atoms with Gasteiger partial charge in [-0.2, -0.15) is 0 Å². The van der Waals surface area contributed by atoms with E-state index >= 15 is 0 Å². The summed E-state index contributed by atoms with van der Waals surface area (Å²) < 4.78 is 63.0. The van der Waals surface area contributed by atoms with E-state index in [4.69, 9.17) is 14.6 Å². The van der Waals surface area contributed by atoms with Crippen molar-refractivity contribution in [1.29, 1.82) is 0 Å². The van der Waals surface area contributed by atoms with Crippen LogP contribution in [-0.4, -0.2) is 43.2 Å². The lowest BCUT2D eigenvalue weighted by molar-refractivity contribution is -0.000829. The van der Waals surface area contributed by atoms with E-state index in [2.05, 4.69) is 0 Å². The summed E-state index contributed by atoms with van der Waals surface area (Å²) >= 11 is 0. The van der Waals surface area contributed by atoms with Crippen LogP contribution in [0.1, 0.15) is 72.1 Å². The second-order valence-electron chi connectivity index (χ2n) is 11.7. The van der Waals surface area contributed by atoms with Gasteiger partial charge < -0.3 is 14.6 Å². The molecule has 0 aromatic heterocycles. The van der Waals surface area contributed by atoms with E-state index in [-0.39, 0.29) is 12.0 Å². The molecule has 0 atom stereocenters. The van der Waals surface area contributed by atoms with Crippen LogP contribution in [0.15, 0.2) is 66.0 Å². The van der Waals surface area contributed by atoms with Crippen LogP contribution in [-0.2, 0) is 35.6 Å². The second kappa shape index (κ2) is 11.6. The third-order valence-electron chi connectivity index (χ3n) is 5.76. The fourth-order valence-corrected chi connectivity index (χ4v) is 6.54. The maximum atomic E-state index is 13.8. The largest absolute Gasteiger partial charge is 0.516 e. The summed E-state index contributed by atoms with van der Waals surface area (Å²) in [5, 5.41) is 7.95. The van der Waals surface area contributed by atoms with E-state index in [0.29, 0.717) is 0 Å². The smallest absolute Gasteiger partial charge is 0.515 e. The molecule has 0 heterocycles. The van der Waals surface area contributed by atoms with Crippen molar-refractivity contribution in [2.24, 2.45) is 0 Å². The van der Waals surface area contributed by atoms with Crippen molar-refractivity contribution in [3.63, 3.8) is 0 Å². The number of aliphatic hydroxyl groups excluding tert-OH is 1. The number of rotatable bonds is 8. The van der Waals surface area contributed by atoms with Gasteiger partial charge in [0.25, 0.3) is 0 Å². The number of benzene rings is 2. The molecule has 2 aromatic rings. The zero-order valence-electron chi connectivity index (χ0n) is 23.7. The molecule has 0 radical (unpaired) electrons. The van der Waals surface area contributed by atoms with Crippen LogP contribution in [0.4, 0.5) is 4.79 Å². The predicted molar refractivity (Wildman–Crippen MR) is 154 cm³/mol. The number of hydrogen-bond donors (Lipinski definition) is 1. The first-order valence-corrected chi connectivity index (χ1v) is 15.3. The van der Waals surface area contributed by atoms with Crippen molar-refractivity contribution in [2.75, 3.05) is 0 Å². The third kappa shape index (κ3) is 7.73. The number of hydrogen-bond acceptors (Lipinski definition) is 8. The Bertz CT molecular complexity index is 1440. The van der Waals surface area contributed by atoms with Gasteiger partial charge in [0, 0.05) is 6.42 Å². The van der Waals surface area contributed by atoms with Crippen molar-refractivity contribution in [3.8, 4) is 0 Å². The first kappa shape index (κ1) is 32.1. The topological polar surface area (TPSA) is 124 Å². The van der Waals surface area contributed by atoms with Gasteiger partial charge in [-0.3, -0.25) is 0 Å². The van der Waals surface area contributed by atoms with Gasteiger partial charge >= 0.3 is 6.16 Å². The molecule has 214 valence electrons. The van der Waals surface area contributed by atoms with Gasteiger partial charge in [0.2, 0.25) is 14.9 Å². The van der Waals surface area contributed by atoms with Crippen molar-refractivity contribution < 1.29 is 36.2 Å². The van der Waals surface area contributed by atoms with Crippen LogP contribution >= 0.6 is 0 Å². The number of sulfone groups is 2. The van der Waals surface area contributed by atoms with E-state index in [9.17, 15) is 21.6 Å². The van der Waals surface area contributed by atoms with E-state index in [0.717, 1.165) is 17.4 Å². The number of ether oxygens (including phenoxy) is 2. The molecule has 0 saturated heterocycles. The molecule has 0 amide bonds. The summed E-state index contributed by atoms with van der Waals surface area (Å²) in [5.74, 6) is 0. The van der Waals surface area contributed by atoms with E-state index in [1.54, 1.807) is 56.3 Å². The standard InChI is InChI=1S/C29H38O8S2/c1-27(2,3)38(32,33)24(23-12-10-9-11-13-23)25(39(34,35)28(4,5)6)36-26(31)37-29(7,8)20-22-16-14-21(15-17-22)18-19-30/h9-19,30H,20H2,1-8H3. The number of carbonyl (C=O) groups is 1. The predicted octanol–water partition coefficient (Wildman–Crippen LogP) is 6.44. The molecule has 8 nitrogen and oxygen atoms in total. The Morgan fingerprint density at radius 3 is 1.77 bits per heavy atom. The maximum absolute atomic E-state index is 13.8. The summed E-state index contributed by atoms with van der Waals surface area (Å²) in [6.07, 6.45) is 1.35. The van der Waals surface area contributed by atoms with Crippen molar-refractivity contribution >= 4 is 36.8 Å². The third-order valence-corrected chi connectivity index (χ3v) is 10.8. The number of carbonyl (C=O) groups excluding carboxylic acids is 1. The molecule has 0 spiro atoms. The highest BCUT2D eigenvalue weighted by atomic mass is 32.2. The lowest BCUT2D eigenvalue weighted by atomic mass is 9.97. The Morgan fingerprint density at radius 1 is 0.795 bits per heavy atom. The summed E-state index contributed by atoms with van der Waals surface area (Å²) in [6.45, 7) is 11.7. The molecule has 1 N–H and O–H groups in total. The Balaban J connectivity index is 2.62. The molecule has 0 aliphatic carbocycles. The van der Waals surface area contributed by atoms with E-state index in [1.165, 1.54) is 59.8 Å². The van der Waals surface area contributed by atoms with Gasteiger partial charge in [0.05, 0.1) is 15.8 Å². The van der Waals surface area contributed by atoms with E-state index in [1.807, 2.05) is 0 Å². The van der Waals surface area contributed by atoms with Crippen LogP contribution in [0.3, 0.4) is 0 Å². The molecule has 0 aliphatic heterocycles. The minimum Gasteiger partial charge on any atom is -0.516 e. The fourth-order valence-electron chi connectivity index (χ4n) is 3.46. The molecular formula is C29H38O8S2. The van der Waals surface area contributed by atoms with Crippen LogP contribution in [0.5, 0.6) is 0 Å². The zero-order valence-corrected chi connectivity index (χ0v) is 25.3. The quantitative estimate of drug-likeness (QED) is 0.280. The molecular weight excluding hydrogens is 540 g/mol. The summed E-state index contributed by atoms with van der Waals surface area (Å²) in [5.41, 5.74) is 0.508. The molecule has 0 saturated carbocycles. The molecule has 10 heteroatoms. The summed E-state index contributed by atoms with van der Waals surface area (Å²) in [7, 11) is -8.84. The van der Waals surface area contributed by atoms with Crippen LogP contribution < -0.4 is 0 Å². The molecule has 0 aliphatic rings. The van der Waals surface area contributed by atoms with Gasteiger partial charge in [-0.1, -0.05) is 54.6 Å². The summed E-state index contributed by atoms with van der Waals surface area (Å²) in [6, 6.07) is 14.8. The average molecular weight is 579 g/mol. The van der Waals surface area contributed by atoms with Gasteiger partial charge in [0.15, 0.2) is 9.84 Å². The lowest BCUT2D eigenvalue weighted by Gasteiger charge is -2.28. The van der Waals surface area contributed by atoms with Gasteiger partial charge in [-0.15, -0.1) is 0 Å². The lowest BCUT2D eigenvalue weighted by Crippen LogP contribution is -2.37. The van der Waals surface area contributed by atoms with Gasteiger partial charge in [-0.05, 0) is 78.2 Å². The highest BCUT2D eigenvalue weighted by Crippen LogP contribution is 2.39. The SMILES string of the molecule is CC(C)(Cc1ccc(C=CO)cc1)OC(=O)OC(=C(c1ccccc1)S(=O)(=O)C(C)(C)C)S(=O)(=O)C(C)(C)C. The molecule has 2 rings (SSSR count). The van der Waals surface area contributed by atoms with E-state index < -0.39 is 50.9 Å². The highest BCUT2D eigenvalue weighted by molar-refractivity contribution is 8.04. The van der Waals surface area contributed by atoms with Crippen molar-refractivity contribution in [1.82, 2.24) is 0 Å². The molecule has 2 aromatic carbocycles. The van der Waals surface area contributed by atoms with Crippen LogP contribution in [0, 0.1) is 0 Å². The maximum Gasteiger partial charge on any atom is 0.515 e. The summed E-state index contributed by atoms with van der Waals surface area (Å²) in [4.78, 5) is 12.5. The molecule has 0 fully saturated rings. The zero-order chi connectivity index (χ0) is 29.9. The highest BCUT2D eigenvalue weighted by Gasteiger charge is 2.45. The van der Waals surface area contributed by atoms with Crippen LogP contribution in [0.2, 0.25) is 0 Å². The van der Waals surface area contributed by atoms with Gasteiger partial charge in [0.1, 0.15) is 10.5 Å². The number of aliphatic hydroxyl groups is 1. The Kier molecular flexibility index (Phi) is 9.51. The molecule has 39 heavy (non-hydrogen) atoms. The Morgan fingerprint density at radius 2 is 1.31 bits per heavy atom. The minimum atomic E-state index is -4.50. The normalized spacial score (nSPS) is 14.2. The minimum absolute atomic E-state index is 0.0688. The average Bonchev–Trinajstić information content (AvgIpc) is 2.78. The van der Waals surface area contributed by atoms with Gasteiger partial charge in [-0.25, -0.2) is 21.6 Å². The second-order valence-corrected chi connectivity index (χ2v) is 16.9. The first-order valence-electron chi connectivity index (χ1n) is 12.3. The van der Waals surface area contributed by atoms with Crippen LogP contribution in [0.25, 0.3) is 11.0 Å².